The van der Waals surface area contributed by atoms with Crippen molar-refractivity contribution in [3.63, 3.8) is 0 Å². The molecule has 2 heterocycles. The van der Waals surface area contributed by atoms with E-state index in [4.69, 9.17) is 5.10 Å². The molecule has 2 aromatic heterocycles. The minimum Gasteiger partial charge on any atom is -0.312 e. The summed E-state index contributed by atoms with van der Waals surface area (Å²) in [5.41, 5.74) is 3.96. The van der Waals surface area contributed by atoms with Crippen molar-refractivity contribution < 1.29 is 4.79 Å². The fourth-order valence-corrected chi connectivity index (χ4v) is 3.69. The Kier molecular flexibility index (Phi) is 5.94. The fraction of sp³-hybridized carbons (Fsp3) is 0.182. The first kappa shape index (κ1) is 19.9. The van der Waals surface area contributed by atoms with Crippen molar-refractivity contribution in [3.05, 3.63) is 72.6 Å². The smallest absolute Gasteiger partial charge is 0.236 e. The van der Waals surface area contributed by atoms with Crippen LogP contribution in [0.15, 0.2) is 72.1 Å². The van der Waals surface area contributed by atoms with Crippen LogP contribution in [0.4, 0.5) is 5.82 Å². The van der Waals surface area contributed by atoms with Crippen LogP contribution in [-0.4, -0.2) is 36.2 Å². The highest BCUT2D eigenvalue weighted by Crippen LogP contribution is 2.25. The molecule has 0 atom stereocenters. The molecule has 2 aromatic carbocycles. The van der Waals surface area contributed by atoms with E-state index in [2.05, 4.69) is 46.7 Å². The lowest BCUT2D eigenvalue weighted by Crippen LogP contribution is -2.17. The third-order valence-electron chi connectivity index (χ3n) is 4.64. The molecule has 0 unspecified atom stereocenters. The SMILES string of the molecule is CCc1ccc(-c2cc(NC(=O)CSc3nncn3C)n(-c3ccccc3)n2)cc1. The van der Waals surface area contributed by atoms with Crippen molar-refractivity contribution in [2.45, 2.75) is 18.5 Å². The molecule has 0 aliphatic rings. The van der Waals surface area contributed by atoms with E-state index in [9.17, 15) is 4.79 Å². The summed E-state index contributed by atoms with van der Waals surface area (Å²) in [7, 11) is 1.85. The highest BCUT2D eigenvalue weighted by atomic mass is 32.2. The van der Waals surface area contributed by atoms with Gasteiger partial charge in [0.15, 0.2) is 5.16 Å². The summed E-state index contributed by atoms with van der Waals surface area (Å²) in [6, 6.07) is 20.0. The number of anilines is 1. The first-order valence-electron chi connectivity index (χ1n) is 9.65. The van der Waals surface area contributed by atoms with Gasteiger partial charge in [-0.1, -0.05) is 61.2 Å². The second-order valence-electron chi connectivity index (χ2n) is 6.77. The maximum Gasteiger partial charge on any atom is 0.236 e. The summed E-state index contributed by atoms with van der Waals surface area (Å²) < 4.78 is 3.54. The molecule has 1 amide bonds. The summed E-state index contributed by atoms with van der Waals surface area (Å²) in [5, 5.41) is 16.3. The number of carbonyl (C=O) groups excluding carboxylic acids is 1. The van der Waals surface area contributed by atoms with Gasteiger partial charge in [0.05, 0.1) is 17.1 Å². The van der Waals surface area contributed by atoms with Gasteiger partial charge in [-0.2, -0.15) is 5.10 Å². The number of amides is 1. The van der Waals surface area contributed by atoms with Crippen LogP contribution in [0.2, 0.25) is 0 Å². The van der Waals surface area contributed by atoms with E-state index < -0.39 is 0 Å². The largest absolute Gasteiger partial charge is 0.312 e. The Balaban J connectivity index is 1.59. The van der Waals surface area contributed by atoms with Crippen LogP contribution in [0, 0.1) is 0 Å². The Morgan fingerprint density at radius 2 is 1.87 bits per heavy atom. The monoisotopic (exact) mass is 418 g/mol. The fourth-order valence-electron chi connectivity index (χ4n) is 3.00. The molecule has 0 aliphatic carbocycles. The van der Waals surface area contributed by atoms with Crippen LogP contribution in [0.5, 0.6) is 0 Å². The molecule has 0 fully saturated rings. The molecule has 0 saturated carbocycles. The van der Waals surface area contributed by atoms with E-state index >= 15 is 0 Å². The average Bonchev–Trinajstić information content (AvgIpc) is 3.39. The summed E-state index contributed by atoms with van der Waals surface area (Å²) >= 11 is 1.34. The number of rotatable bonds is 7. The number of hydrogen-bond donors (Lipinski definition) is 1. The van der Waals surface area contributed by atoms with Crippen molar-refractivity contribution in [2.75, 3.05) is 11.1 Å². The highest BCUT2D eigenvalue weighted by molar-refractivity contribution is 7.99. The van der Waals surface area contributed by atoms with Crippen molar-refractivity contribution in [2.24, 2.45) is 7.05 Å². The maximum atomic E-state index is 12.6. The zero-order valence-corrected chi connectivity index (χ0v) is 17.6. The second kappa shape index (κ2) is 8.96. The lowest BCUT2D eigenvalue weighted by atomic mass is 10.1. The molecule has 0 radical (unpaired) electrons. The van der Waals surface area contributed by atoms with Crippen molar-refractivity contribution in [3.8, 4) is 16.9 Å². The van der Waals surface area contributed by atoms with Gasteiger partial charge in [-0.25, -0.2) is 4.68 Å². The molecular formula is C22H22N6OS. The number of aryl methyl sites for hydroxylation is 2. The number of carbonyl (C=O) groups is 1. The molecule has 0 bridgehead atoms. The number of aromatic nitrogens is 5. The lowest BCUT2D eigenvalue weighted by Gasteiger charge is -2.08. The Labute approximate surface area is 179 Å². The predicted molar refractivity (Wildman–Crippen MR) is 119 cm³/mol. The molecule has 0 aliphatic heterocycles. The summed E-state index contributed by atoms with van der Waals surface area (Å²) in [6.45, 7) is 2.13. The second-order valence-corrected chi connectivity index (χ2v) is 7.72. The summed E-state index contributed by atoms with van der Waals surface area (Å²) in [4.78, 5) is 12.6. The molecule has 7 nitrogen and oxygen atoms in total. The molecule has 8 heteroatoms. The van der Waals surface area contributed by atoms with Gasteiger partial charge in [-0.05, 0) is 24.1 Å². The van der Waals surface area contributed by atoms with Gasteiger partial charge >= 0.3 is 0 Å². The van der Waals surface area contributed by atoms with Crippen molar-refractivity contribution >= 4 is 23.5 Å². The number of thioether (sulfide) groups is 1. The molecule has 4 aromatic rings. The molecule has 0 spiro atoms. The minimum atomic E-state index is -0.132. The van der Waals surface area contributed by atoms with Crippen LogP contribution in [0.3, 0.4) is 0 Å². The quantitative estimate of drug-likeness (QED) is 0.460. The van der Waals surface area contributed by atoms with Crippen LogP contribution in [0.25, 0.3) is 16.9 Å². The normalized spacial score (nSPS) is 10.9. The van der Waals surface area contributed by atoms with E-state index in [1.54, 1.807) is 15.6 Å². The number of nitrogens with one attached hydrogen (secondary N) is 1. The molecule has 0 saturated heterocycles. The molecule has 152 valence electrons. The number of hydrogen-bond acceptors (Lipinski definition) is 5. The Hall–Kier alpha value is -3.39. The lowest BCUT2D eigenvalue weighted by molar-refractivity contribution is -0.113. The van der Waals surface area contributed by atoms with Gasteiger partial charge in [-0.3, -0.25) is 4.79 Å². The van der Waals surface area contributed by atoms with Gasteiger partial charge in [0.25, 0.3) is 0 Å². The van der Waals surface area contributed by atoms with E-state index in [0.29, 0.717) is 11.0 Å². The Bertz CT molecular complexity index is 1130. The number of nitrogens with zero attached hydrogens (tertiary/aromatic N) is 5. The zero-order chi connectivity index (χ0) is 20.9. The summed E-state index contributed by atoms with van der Waals surface area (Å²) in [6.07, 6.45) is 2.60. The predicted octanol–water partition coefficient (Wildman–Crippen LogP) is 3.96. The average molecular weight is 419 g/mol. The number of para-hydroxylation sites is 1. The third-order valence-corrected chi connectivity index (χ3v) is 5.67. The van der Waals surface area contributed by atoms with Crippen molar-refractivity contribution in [1.29, 1.82) is 0 Å². The molecular weight excluding hydrogens is 396 g/mol. The van der Waals surface area contributed by atoms with Crippen LogP contribution in [0.1, 0.15) is 12.5 Å². The first-order valence-corrected chi connectivity index (χ1v) is 10.6. The first-order chi connectivity index (χ1) is 14.6. The molecule has 4 rings (SSSR count). The van der Waals surface area contributed by atoms with E-state index in [1.807, 2.05) is 43.4 Å². The Morgan fingerprint density at radius 1 is 1.10 bits per heavy atom. The highest BCUT2D eigenvalue weighted by Gasteiger charge is 2.15. The van der Waals surface area contributed by atoms with E-state index in [1.165, 1.54) is 17.3 Å². The minimum absolute atomic E-state index is 0.132. The van der Waals surface area contributed by atoms with Crippen LogP contribution < -0.4 is 5.32 Å². The molecule has 30 heavy (non-hydrogen) atoms. The topological polar surface area (TPSA) is 77.6 Å². The van der Waals surface area contributed by atoms with Gasteiger partial charge in [0.1, 0.15) is 12.1 Å². The Morgan fingerprint density at radius 3 is 2.53 bits per heavy atom. The number of benzene rings is 2. The van der Waals surface area contributed by atoms with Gasteiger partial charge < -0.3 is 9.88 Å². The van der Waals surface area contributed by atoms with Crippen LogP contribution in [-0.2, 0) is 18.3 Å². The van der Waals surface area contributed by atoms with Gasteiger partial charge in [0, 0.05) is 18.7 Å². The van der Waals surface area contributed by atoms with Gasteiger partial charge in [-0.15, -0.1) is 10.2 Å². The van der Waals surface area contributed by atoms with E-state index in [-0.39, 0.29) is 11.7 Å². The molecule has 1 N–H and O–H groups in total. The standard InChI is InChI=1S/C22H22N6OS/c1-3-16-9-11-17(12-10-16)19-13-20(28(26-19)18-7-5-4-6-8-18)24-21(29)14-30-22-25-23-15-27(22)2/h4-13,15H,3,14H2,1-2H3,(H,24,29). The van der Waals surface area contributed by atoms with Crippen molar-refractivity contribution in [1.82, 2.24) is 24.5 Å². The van der Waals surface area contributed by atoms with E-state index in [0.717, 1.165) is 23.4 Å². The maximum absolute atomic E-state index is 12.6. The third kappa shape index (κ3) is 4.44. The van der Waals surface area contributed by atoms with Crippen LogP contribution >= 0.6 is 11.8 Å². The van der Waals surface area contributed by atoms with Gasteiger partial charge in [0.2, 0.25) is 5.91 Å². The summed E-state index contributed by atoms with van der Waals surface area (Å²) in [5.74, 6) is 0.722. The zero-order valence-electron chi connectivity index (χ0n) is 16.8.